The van der Waals surface area contributed by atoms with Crippen molar-refractivity contribution >= 4 is 39.6 Å². The number of aryl methyl sites for hydroxylation is 2. The van der Waals surface area contributed by atoms with Crippen LogP contribution in [0.25, 0.3) is 0 Å². The van der Waals surface area contributed by atoms with E-state index in [0.29, 0.717) is 10.7 Å². The topological polar surface area (TPSA) is 44.8 Å². The number of hydrogen-bond acceptors (Lipinski definition) is 5. The lowest BCUT2D eigenvalue weighted by atomic mass is 10.1. The van der Waals surface area contributed by atoms with Crippen LogP contribution in [0.4, 0.5) is 5.00 Å². The third-order valence-corrected chi connectivity index (χ3v) is 6.78. The van der Waals surface area contributed by atoms with Gasteiger partial charge in [-0.25, -0.2) is 4.79 Å². The maximum atomic E-state index is 12.3. The molecule has 0 aliphatic carbocycles. The van der Waals surface area contributed by atoms with Crippen LogP contribution in [0.2, 0.25) is 0 Å². The first kappa shape index (κ1) is 21.7. The molecule has 2 heterocycles. The fourth-order valence-corrected chi connectivity index (χ4v) is 5.13. The average Bonchev–Trinajstić information content (AvgIpc) is 3.04. The van der Waals surface area contributed by atoms with Crippen molar-refractivity contribution in [3.8, 4) is 0 Å². The molecule has 1 aliphatic heterocycles. The van der Waals surface area contributed by atoms with Crippen molar-refractivity contribution in [1.29, 1.82) is 0 Å². The largest absolute Gasteiger partial charge is 0.465 e. The number of methoxy groups -OCH3 is 1. The molecule has 0 unspecified atom stereocenters. The van der Waals surface area contributed by atoms with E-state index in [2.05, 4.69) is 53.2 Å². The first-order chi connectivity index (χ1) is 13.9. The van der Waals surface area contributed by atoms with E-state index < -0.39 is 0 Å². The molecule has 1 aromatic carbocycles. The number of esters is 1. The number of carbonyl (C=O) groups is 1. The van der Waals surface area contributed by atoms with E-state index in [1.165, 1.54) is 18.2 Å². The molecule has 1 aromatic heterocycles. The first-order valence-electron chi connectivity index (χ1n) is 9.97. The fourth-order valence-electron chi connectivity index (χ4n) is 3.65. The highest BCUT2D eigenvalue weighted by molar-refractivity contribution is 7.80. The van der Waals surface area contributed by atoms with Gasteiger partial charge in [0.2, 0.25) is 0 Å². The number of thiocarbonyl (C=S) groups is 1. The van der Waals surface area contributed by atoms with Crippen molar-refractivity contribution in [2.24, 2.45) is 0 Å². The second kappa shape index (κ2) is 9.69. The number of rotatable bonds is 5. The lowest BCUT2D eigenvalue weighted by molar-refractivity contribution is 0.0601. The molecule has 1 saturated heterocycles. The lowest BCUT2D eigenvalue weighted by Gasteiger charge is -2.36. The summed E-state index contributed by atoms with van der Waals surface area (Å²) < 4.78 is 5.00. The third-order valence-electron chi connectivity index (χ3n) is 5.36. The Morgan fingerprint density at radius 1 is 1.17 bits per heavy atom. The van der Waals surface area contributed by atoms with Crippen molar-refractivity contribution in [3.05, 3.63) is 51.4 Å². The highest BCUT2D eigenvalue weighted by atomic mass is 32.1. The van der Waals surface area contributed by atoms with Gasteiger partial charge in [0.1, 0.15) is 5.00 Å². The van der Waals surface area contributed by atoms with Crippen LogP contribution in [0.3, 0.4) is 0 Å². The van der Waals surface area contributed by atoms with Crippen LogP contribution < -0.4 is 5.32 Å². The maximum absolute atomic E-state index is 12.3. The van der Waals surface area contributed by atoms with Gasteiger partial charge in [0, 0.05) is 37.6 Å². The molecule has 1 N–H and O–H groups in total. The normalized spacial score (nSPS) is 14.7. The van der Waals surface area contributed by atoms with Crippen LogP contribution in [0, 0.1) is 13.8 Å². The summed E-state index contributed by atoms with van der Waals surface area (Å²) in [6.45, 7) is 10.8. The van der Waals surface area contributed by atoms with Crippen molar-refractivity contribution in [2.75, 3.05) is 38.6 Å². The third kappa shape index (κ3) is 5.15. The standard InChI is InChI=1S/C22H29N3O2S2/c1-5-18-16(3)29-20(19(18)21(26)27-4)23-22(28)25-12-10-24(11-13-25)14-17-8-6-15(2)7-9-17/h6-9H,5,10-14H2,1-4H3,(H,23,28). The molecular formula is C22H29N3O2S2. The zero-order valence-electron chi connectivity index (χ0n) is 17.6. The Labute approximate surface area is 182 Å². The summed E-state index contributed by atoms with van der Waals surface area (Å²) >= 11 is 7.23. The molecular weight excluding hydrogens is 402 g/mol. The van der Waals surface area contributed by atoms with Gasteiger partial charge in [-0.3, -0.25) is 4.90 Å². The second-order valence-electron chi connectivity index (χ2n) is 7.37. The summed E-state index contributed by atoms with van der Waals surface area (Å²) in [5.74, 6) is -0.306. The zero-order chi connectivity index (χ0) is 21.0. The Kier molecular flexibility index (Phi) is 7.27. The summed E-state index contributed by atoms with van der Waals surface area (Å²) in [5.41, 5.74) is 4.29. The number of hydrogen-bond donors (Lipinski definition) is 1. The lowest BCUT2D eigenvalue weighted by Crippen LogP contribution is -2.49. The van der Waals surface area contributed by atoms with Gasteiger partial charge in [-0.2, -0.15) is 0 Å². The molecule has 29 heavy (non-hydrogen) atoms. The number of benzene rings is 1. The molecule has 0 saturated carbocycles. The number of piperazine rings is 1. The predicted molar refractivity (Wildman–Crippen MR) is 124 cm³/mol. The van der Waals surface area contributed by atoms with Gasteiger partial charge in [0.15, 0.2) is 5.11 Å². The number of anilines is 1. The predicted octanol–water partition coefficient (Wildman–Crippen LogP) is 4.23. The molecule has 2 aromatic rings. The van der Waals surface area contributed by atoms with E-state index in [-0.39, 0.29) is 5.97 Å². The van der Waals surface area contributed by atoms with Crippen LogP contribution in [0.15, 0.2) is 24.3 Å². The molecule has 1 fully saturated rings. The quantitative estimate of drug-likeness (QED) is 0.565. The number of ether oxygens (including phenoxy) is 1. The van der Waals surface area contributed by atoms with Crippen molar-refractivity contribution in [2.45, 2.75) is 33.7 Å². The molecule has 0 atom stereocenters. The van der Waals surface area contributed by atoms with E-state index >= 15 is 0 Å². The molecule has 0 spiro atoms. The van der Waals surface area contributed by atoms with E-state index in [9.17, 15) is 4.79 Å². The maximum Gasteiger partial charge on any atom is 0.341 e. The molecule has 5 nitrogen and oxygen atoms in total. The second-order valence-corrected chi connectivity index (χ2v) is 8.98. The van der Waals surface area contributed by atoms with Crippen LogP contribution in [0.1, 0.15) is 38.8 Å². The van der Waals surface area contributed by atoms with Crippen molar-refractivity contribution < 1.29 is 9.53 Å². The minimum absolute atomic E-state index is 0.306. The van der Waals surface area contributed by atoms with E-state index in [4.69, 9.17) is 17.0 Å². The number of thiophene rings is 1. The van der Waals surface area contributed by atoms with Gasteiger partial charge >= 0.3 is 5.97 Å². The summed E-state index contributed by atoms with van der Waals surface area (Å²) in [6, 6.07) is 8.73. The summed E-state index contributed by atoms with van der Waals surface area (Å²) in [6.07, 6.45) is 0.791. The molecule has 1 aliphatic rings. The average molecular weight is 432 g/mol. The molecule has 156 valence electrons. The summed E-state index contributed by atoms with van der Waals surface area (Å²) in [5, 5.41) is 4.78. The van der Waals surface area contributed by atoms with Gasteiger partial charge in [-0.05, 0) is 43.6 Å². The minimum Gasteiger partial charge on any atom is -0.465 e. The summed E-state index contributed by atoms with van der Waals surface area (Å²) in [7, 11) is 1.42. The molecule has 0 amide bonds. The monoisotopic (exact) mass is 431 g/mol. The van der Waals surface area contributed by atoms with Crippen LogP contribution >= 0.6 is 23.6 Å². The number of carbonyl (C=O) groups excluding carboxylic acids is 1. The molecule has 3 rings (SSSR count). The number of nitrogens with one attached hydrogen (secondary N) is 1. The van der Waals surface area contributed by atoms with E-state index in [0.717, 1.165) is 54.6 Å². The Balaban J connectivity index is 1.60. The van der Waals surface area contributed by atoms with E-state index in [1.807, 2.05) is 6.92 Å². The Hall–Kier alpha value is -1.96. The zero-order valence-corrected chi connectivity index (χ0v) is 19.2. The van der Waals surface area contributed by atoms with Crippen molar-refractivity contribution in [3.63, 3.8) is 0 Å². The minimum atomic E-state index is -0.306. The van der Waals surface area contributed by atoms with Gasteiger partial charge in [0.25, 0.3) is 0 Å². The highest BCUT2D eigenvalue weighted by Gasteiger charge is 2.25. The molecule has 0 bridgehead atoms. The van der Waals surface area contributed by atoms with Crippen LogP contribution in [0.5, 0.6) is 0 Å². The Bertz CT molecular complexity index is 869. The van der Waals surface area contributed by atoms with Crippen molar-refractivity contribution in [1.82, 2.24) is 9.80 Å². The SMILES string of the molecule is CCc1c(C)sc(NC(=S)N2CCN(Cc3ccc(C)cc3)CC2)c1C(=O)OC. The molecule has 7 heteroatoms. The summed E-state index contributed by atoms with van der Waals surface area (Å²) in [4.78, 5) is 18.1. The Morgan fingerprint density at radius 2 is 1.83 bits per heavy atom. The van der Waals surface area contributed by atoms with Gasteiger partial charge in [-0.1, -0.05) is 36.8 Å². The highest BCUT2D eigenvalue weighted by Crippen LogP contribution is 2.34. The first-order valence-corrected chi connectivity index (χ1v) is 11.2. The van der Waals surface area contributed by atoms with Crippen LogP contribution in [-0.2, 0) is 17.7 Å². The van der Waals surface area contributed by atoms with Gasteiger partial charge < -0.3 is 15.0 Å². The number of nitrogens with zero attached hydrogens (tertiary/aromatic N) is 2. The fraction of sp³-hybridized carbons (Fsp3) is 0.455. The molecule has 0 radical (unpaired) electrons. The van der Waals surface area contributed by atoms with Crippen LogP contribution in [-0.4, -0.2) is 54.2 Å². The smallest absolute Gasteiger partial charge is 0.341 e. The van der Waals surface area contributed by atoms with E-state index in [1.54, 1.807) is 11.3 Å². The van der Waals surface area contributed by atoms with Gasteiger partial charge in [-0.15, -0.1) is 11.3 Å². The van der Waals surface area contributed by atoms with Gasteiger partial charge in [0.05, 0.1) is 12.7 Å². The Morgan fingerprint density at radius 3 is 2.41 bits per heavy atom.